The van der Waals surface area contributed by atoms with Crippen LogP contribution in [-0.4, -0.2) is 42.5 Å². The van der Waals surface area contributed by atoms with Crippen molar-refractivity contribution in [2.75, 3.05) is 19.8 Å². The third-order valence-electron chi connectivity index (χ3n) is 4.44. The van der Waals surface area contributed by atoms with Crippen LogP contribution in [0.5, 0.6) is 0 Å². The number of rotatable bonds is 4. The van der Waals surface area contributed by atoms with Crippen molar-refractivity contribution in [3.63, 3.8) is 0 Å². The number of nitrogens with two attached hydrogens (primary N) is 1. The maximum Gasteiger partial charge on any atom is 0.0565 e. The lowest BCUT2D eigenvalue weighted by molar-refractivity contribution is -0.0217. The highest BCUT2D eigenvalue weighted by atomic mass is 16.5. The zero-order valence-corrected chi connectivity index (χ0v) is 10.8. The molecule has 2 fully saturated rings. The summed E-state index contributed by atoms with van der Waals surface area (Å²) < 4.78 is 5.61. The van der Waals surface area contributed by atoms with Crippen LogP contribution in [0.25, 0.3) is 0 Å². The summed E-state index contributed by atoms with van der Waals surface area (Å²) in [5, 5.41) is 13.1. The molecule has 0 aromatic rings. The fraction of sp³-hybridized carbons (Fsp3) is 1.00. The first-order chi connectivity index (χ1) is 8.19. The number of ether oxygens (including phenoxy) is 1. The van der Waals surface area contributed by atoms with Crippen molar-refractivity contribution in [1.29, 1.82) is 0 Å². The molecule has 0 aromatic carbocycles. The molecular weight excluding hydrogens is 216 g/mol. The number of hydrogen-bond donors (Lipinski definition) is 3. The Morgan fingerprint density at radius 2 is 2.29 bits per heavy atom. The van der Waals surface area contributed by atoms with E-state index in [4.69, 9.17) is 10.5 Å². The third kappa shape index (κ3) is 2.99. The van der Waals surface area contributed by atoms with Gasteiger partial charge in [-0.2, -0.15) is 0 Å². The van der Waals surface area contributed by atoms with Gasteiger partial charge in [0.1, 0.15) is 0 Å². The van der Waals surface area contributed by atoms with E-state index in [0.717, 1.165) is 25.9 Å². The van der Waals surface area contributed by atoms with Gasteiger partial charge < -0.3 is 20.9 Å². The lowest BCUT2D eigenvalue weighted by Crippen LogP contribution is -2.60. The van der Waals surface area contributed by atoms with Gasteiger partial charge in [-0.15, -0.1) is 0 Å². The van der Waals surface area contributed by atoms with Crippen LogP contribution in [0.2, 0.25) is 0 Å². The van der Waals surface area contributed by atoms with Gasteiger partial charge in [0.25, 0.3) is 0 Å². The van der Waals surface area contributed by atoms with E-state index in [1.54, 1.807) is 0 Å². The molecule has 0 bridgehead atoms. The Balaban J connectivity index is 1.98. The van der Waals surface area contributed by atoms with Gasteiger partial charge in [-0.3, -0.25) is 0 Å². The Labute approximate surface area is 104 Å². The topological polar surface area (TPSA) is 67.5 Å². The quantitative estimate of drug-likeness (QED) is 0.676. The molecule has 4 heteroatoms. The average Bonchev–Trinajstić information content (AvgIpc) is 2.76. The molecule has 1 saturated heterocycles. The van der Waals surface area contributed by atoms with Gasteiger partial charge in [0.2, 0.25) is 0 Å². The Morgan fingerprint density at radius 1 is 1.47 bits per heavy atom. The van der Waals surface area contributed by atoms with Crippen LogP contribution in [0.1, 0.15) is 39.0 Å². The summed E-state index contributed by atoms with van der Waals surface area (Å²) in [5.74, 6) is 0.413. The van der Waals surface area contributed by atoms with Crippen molar-refractivity contribution in [3.05, 3.63) is 0 Å². The summed E-state index contributed by atoms with van der Waals surface area (Å²) in [4.78, 5) is 0. The van der Waals surface area contributed by atoms with Crippen LogP contribution in [0.3, 0.4) is 0 Å². The van der Waals surface area contributed by atoms with Gasteiger partial charge in [0.15, 0.2) is 0 Å². The molecular formula is C13H26N2O2. The SMILES string of the molecule is CC1CC(CN)(NC2CCCC2CO)CCO1. The van der Waals surface area contributed by atoms with E-state index in [-0.39, 0.29) is 11.6 Å². The van der Waals surface area contributed by atoms with Crippen LogP contribution in [-0.2, 0) is 4.74 Å². The van der Waals surface area contributed by atoms with Crippen LogP contribution < -0.4 is 11.1 Å². The molecule has 1 heterocycles. The number of aliphatic hydroxyl groups is 1. The molecule has 1 saturated carbocycles. The predicted octanol–water partition coefficient (Wildman–Crippen LogP) is 0.633. The van der Waals surface area contributed by atoms with Crippen LogP contribution in [0.4, 0.5) is 0 Å². The van der Waals surface area contributed by atoms with Crippen molar-refractivity contribution < 1.29 is 9.84 Å². The fourth-order valence-electron chi connectivity index (χ4n) is 3.38. The Bertz CT molecular complexity index is 250. The molecule has 2 rings (SSSR count). The first-order valence-electron chi connectivity index (χ1n) is 6.89. The number of nitrogens with one attached hydrogen (secondary N) is 1. The minimum atomic E-state index is 0.0279. The summed E-state index contributed by atoms with van der Waals surface area (Å²) in [6, 6.07) is 0.439. The van der Waals surface area contributed by atoms with E-state index < -0.39 is 0 Å². The van der Waals surface area contributed by atoms with Crippen molar-refractivity contribution in [3.8, 4) is 0 Å². The van der Waals surface area contributed by atoms with E-state index >= 15 is 0 Å². The predicted molar refractivity (Wildman–Crippen MR) is 67.8 cm³/mol. The van der Waals surface area contributed by atoms with Crippen LogP contribution in [0.15, 0.2) is 0 Å². The summed E-state index contributed by atoms with van der Waals surface area (Å²) in [6.07, 6.45) is 5.79. The minimum absolute atomic E-state index is 0.0279. The van der Waals surface area contributed by atoms with Crippen molar-refractivity contribution >= 4 is 0 Å². The molecule has 2 aliphatic rings. The fourth-order valence-corrected chi connectivity index (χ4v) is 3.38. The van der Waals surface area contributed by atoms with E-state index in [1.807, 2.05) is 0 Å². The van der Waals surface area contributed by atoms with E-state index in [0.29, 0.717) is 25.1 Å². The molecule has 1 aliphatic heterocycles. The number of hydrogen-bond acceptors (Lipinski definition) is 4. The highest BCUT2D eigenvalue weighted by molar-refractivity contribution is 4.98. The normalized spacial score (nSPS) is 42.9. The van der Waals surface area contributed by atoms with E-state index in [9.17, 15) is 5.11 Å². The van der Waals surface area contributed by atoms with Gasteiger partial charge in [0.05, 0.1) is 6.10 Å². The summed E-state index contributed by atoms with van der Waals surface area (Å²) >= 11 is 0. The molecule has 0 amide bonds. The molecule has 1 aliphatic carbocycles. The second-order valence-electron chi connectivity index (χ2n) is 5.74. The van der Waals surface area contributed by atoms with Crippen molar-refractivity contribution in [2.24, 2.45) is 11.7 Å². The molecule has 17 heavy (non-hydrogen) atoms. The molecule has 4 atom stereocenters. The lowest BCUT2D eigenvalue weighted by Gasteiger charge is -2.43. The van der Waals surface area contributed by atoms with Crippen LogP contribution in [0, 0.1) is 5.92 Å². The molecule has 100 valence electrons. The van der Waals surface area contributed by atoms with Crippen LogP contribution >= 0.6 is 0 Å². The molecule has 4 unspecified atom stereocenters. The van der Waals surface area contributed by atoms with Gasteiger partial charge in [0, 0.05) is 31.3 Å². The van der Waals surface area contributed by atoms with Crippen molar-refractivity contribution in [2.45, 2.75) is 56.7 Å². The minimum Gasteiger partial charge on any atom is -0.396 e. The summed E-state index contributed by atoms with van der Waals surface area (Å²) in [7, 11) is 0. The lowest BCUT2D eigenvalue weighted by atomic mass is 9.85. The third-order valence-corrected chi connectivity index (χ3v) is 4.44. The maximum atomic E-state index is 9.38. The standard InChI is InChI=1S/C13H26N2O2/c1-10-7-13(9-14,5-6-17-10)15-12-4-2-3-11(12)8-16/h10-12,15-16H,2-9,14H2,1H3. The second-order valence-corrected chi connectivity index (χ2v) is 5.74. The highest BCUT2D eigenvalue weighted by Gasteiger charge is 2.38. The summed E-state index contributed by atoms with van der Waals surface area (Å²) in [5.41, 5.74) is 6.01. The largest absolute Gasteiger partial charge is 0.396 e. The van der Waals surface area contributed by atoms with Gasteiger partial charge >= 0.3 is 0 Å². The zero-order chi connectivity index (χ0) is 12.3. The van der Waals surface area contributed by atoms with Crippen molar-refractivity contribution in [1.82, 2.24) is 5.32 Å². The first-order valence-corrected chi connectivity index (χ1v) is 6.89. The Morgan fingerprint density at radius 3 is 2.94 bits per heavy atom. The van der Waals surface area contributed by atoms with E-state index in [1.165, 1.54) is 12.8 Å². The Hall–Kier alpha value is -0.160. The maximum absolute atomic E-state index is 9.38. The molecule has 4 N–H and O–H groups in total. The van der Waals surface area contributed by atoms with Gasteiger partial charge in [-0.05, 0) is 38.5 Å². The van der Waals surface area contributed by atoms with Gasteiger partial charge in [-0.25, -0.2) is 0 Å². The number of aliphatic hydroxyl groups excluding tert-OH is 1. The smallest absolute Gasteiger partial charge is 0.0565 e. The molecule has 0 spiro atoms. The molecule has 4 nitrogen and oxygen atoms in total. The van der Waals surface area contributed by atoms with E-state index in [2.05, 4.69) is 12.2 Å². The first kappa shape index (κ1) is 13.3. The Kier molecular flexibility index (Phi) is 4.42. The molecule has 0 aromatic heterocycles. The highest BCUT2D eigenvalue weighted by Crippen LogP contribution is 2.31. The second kappa shape index (κ2) is 5.65. The monoisotopic (exact) mass is 242 g/mol. The average molecular weight is 242 g/mol. The van der Waals surface area contributed by atoms with Gasteiger partial charge in [-0.1, -0.05) is 6.42 Å². The summed E-state index contributed by atoms with van der Waals surface area (Å²) in [6.45, 7) is 3.87. The zero-order valence-electron chi connectivity index (χ0n) is 10.8. The molecule has 0 radical (unpaired) electrons.